The van der Waals surface area contributed by atoms with Crippen LogP contribution in [0.15, 0.2) is 59.4 Å². The summed E-state index contributed by atoms with van der Waals surface area (Å²) in [6.07, 6.45) is 6.36. The summed E-state index contributed by atoms with van der Waals surface area (Å²) in [4.78, 5) is 147. The zero-order valence-electron chi connectivity index (χ0n) is 60.9. The number of amides is 9. The van der Waals surface area contributed by atoms with Gasteiger partial charge >= 0.3 is 5.97 Å². The lowest BCUT2D eigenvalue weighted by Crippen LogP contribution is -2.52. The van der Waals surface area contributed by atoms with Crippen molar-refractivity contribution in [2.24, 2.45) is 11.8 Å². The molecule has 9 amide bonds. The molecule has 9 rings (SSSR count). The summed E-state index contributed by atoms with van der Waals surface area (Å²) in [6, 6.07) is 9.79. The number of benzene rings is 2. The molecular weight excluding hydrogens is 1420 g/mol. The quantitative estimate of drug-likeness (QED) is 0.0108. The Labute approximate surface area is 622 Å². The molecule has 33 nitrogen and oxygen atoms in total. The third-order valence-corrected chi connectivity index (χ3v) is 18.9. The topological polar surface area (TPSA) is 415 Å². The number of rotatable bonds is 48. The number of aromatic nitrogens is 2. The molecule has 5 heterocycles. The van der Waals surface area contributed by atoms with Crippen molar-refractivity contribution in [2.75, 3.05) is 165 Å². The molecule has 108 heavy (non-hydrogen) atoms. The van der Waals surface area contributed by atoms with Crippen LogP contribution < -0.4 is 42.8 Å². The number of hydrogen-bond donors (Lipinski definition) is 8. The standard InChI is InChI=1S/C74H97FN10O23/c1-3-74(97)54-36-59-69-52(42-84(59)72(95)53(54)43-108-73(74)96)68-56(14-13-51-47(2)55(75)37-57(83-69)67(51)68)81-64(90)45-107-46-80-61(87)39-79-71(94)58(35-48-7-5-4-6-8-48)82-62(88)40-77-60(86)38-78-63(89)44-106-34-33-105-32-31-104-30-29-103-28-27-102-26-25-101-24-23-100-22-21-99-20-19-98-18-17-76-70(93)50-11-9-49(10-12-50)41-85-65(91)15-16-66(85)92/h4-8,15-16,36-37,49-50,56,58,97H,3,9-14,17-35,38-46H2,1-2H3,(H,76,93)(H,77,86)(H,78,89)(H,79,94)(H,80,87)(H,81,90)(H,82,88)/t49?,50?,56-,58-,74-/m0/s1. The summed E-state index contributed by atoms with van der Waals surface area (Å²) in [6.45, 7) is 6.92. The third kappa shape index (κ3) is 24.0. The van der Waals surface area contributed by atoms with Crippen molar-refractivity contribution in [1.82, 2.24) is 51.7 Å². The van der Waals surface area contributed by atoms with Gasteiger partial charge in [0.1, 0.15) is 38.4 Å². The van der Waals surface area contributed by atoms with Crippen molar-refractivity contribution >= 4 is 70.0 Å². The summed E-state index contributed by atoms with van der Waals surface area (Å²) in [7, 11) is 0. The van der Waals surface area contributed by atoms with Gasteiger partial charge in [0, 0.05) is 60.2 Å². The second-order valence-corrected chi connectivity index (χ2v) is 26.2. The number of aliphatic hydroxyl groups is 1. The van der Waals surface area contributed by atoms with Gasteiger partial charge in [-0.3, -0.25) is 52.8 Å². The molecule has 2 aromatic heterocycles. The van der Waals surface area contributed by atoms with Gasteiger partial charge in [-0.2, -0.15) is 0 Å². The van der Waals surface area contributed by atoms with Crippen LogP contribution in [0, 0.1) is 24.6 Å². The number of nitrogens with one attached hydrogen (secondary N) is 7. The second-order valence-electron chi connectivity index (χ2n) is 26.2. The molecular formula is C74H97FN10O23. The molecule has 2 aliphatic carbocycles. The average molecular weight is 1510 g/mol. The first-order chi connectivity index (χ1) is 52.3. The smallest absolute Gasteiger partial charge is 0.343 e. The van der Waals surface area contributed by atoms with Crippen molar-refractivity contribution in [1.29, 1.82) is 0 Å². The maximum atomic E-state index is 15.4. The predicted molar refractivity (Wildman–Crippen MR) is 380 cm³/mol. The number of imide groups is 1. The van der Waals surface area contributed by atoms with Crippen LogP contribution in [-0.4, -0.2) is 250 Å². The van der Waals surface area contributed by atoms with E-state index in [1.54, 1.807) is 50.2 Å². The SMILES string of the molecule is CC[C@@]1(O)C(=O)OCc2c1cc1n(c2=O)Cc2c-1nc1cc(F)c(C)c3c1c2[C@@H](NC(=O)COCNC(=O)CNC(=O)[C@H](Cc1ccccc1)NC(=O)CNC(=O)CNC(=O)COCCOCCOCCOCCOCCOCCOCCOCCOCCNC(=O)C1CCC(CN2C(=O)C=CC2=O)CC1)CC3. The van der Waals surface area contributed by atoms with Crippen molar-refractivity contribution in [3.63, 3.8) is 0 Å². The van der Waals surface area contributed by atoms with E-state index in [0.717, 1.165) is 31.2 Å². The van der Waals surface area contributed by atoms with Gasteiger partial charge in [0.25, 0.3) is 17.4 Å². The van der Waals surface area contributed by atoms with E-state index in [2.05, 4.69) is 37.2 Å². The van der Waals surface area contributed by atoms with Crippen molar-refractivity contribution in [3.05, 3.63) is 110 Å². The number of pyridine rings is 2. The van der Waals surface area contributed by atoms with Crippen molar-refractivity contribution < 1.29 is 110 Å². The molecule has 0 bridgehead atoms. The Morgan fingerprint density at radius 2 is 1.19 bits per heavy atom. The zero-order chi connectivity index (χ0) is 76.8. The lowest BCUT2D eigenvalue weighted by Gasteiger charge is -2.31. The number of hydrogen-bond acceptors (Lipinski definition) is 24. The monoisotopic (exact) mass is 1510 g/mol. The molecule has 4 aromatic rings. The highest BCUT2D eigenvalue weighted by Crippen LogP contribution is 2.46. The summed E-state index contributed by atoms with van der Waals surface area (Å²) in [5.41, 5.74) is 1.77. The second kappa shape index (κ2) is 42.6. The fourth-order valence-electron chi connectivity index (χ4n) is 13.1. The number of halogens is 1. The van der Waals surface area contributed by atoms with Crippen LogP contribution in [0.2, 0.25) is 0 Å². The van der Waals surface area contributed by atoms with Gasteiger partial charge < -0.3 is 99.0 Å². The Balaban J connectivity index is 0.538. The normalized spacial score (nSPS) is 17.9. The van der Waals surface area contributed by atoms with Crippen LogP contribution in [-0.2, 0) is 132 Å². The summed E-state index contributed by atoms with van der Waals surface area (Å²) in [5, 5.41) is 30.3. The largest absolute Gasteiger partial charge is 0.458 e. The van der Waals surface area contributed by atoms with E-state index in [-0.39, 0.29) is 93.1 Å². The lowest BCUT2D eigenvalue weighted by atomic mass is 9.81. The molecule has 34 heteroatoms. The molecule has 588 valence electrons. The molecule has 0 radical (unpaired) electrons. The molecule has 1 fully saturated rings. The number of carbonyl (C=O) groups is 10. The Hall–Kier alpha value is -9.07. The van der Waals surface area contributed by atoms with Gasteiger partial charge in [0.05, 0.1) is 167 Å². The van der Waals surface area contributed by atoms with Crippen LogP contribution in [0.1, 0.15) is 90.4 Å². The first-order valence-corrected chi connectivity index (χ1v) is 36.4. The van der Waals surface area contributed by atoms with Crippen LogP contribution in [0.4, 0.5) is 4.39 Å². The summed E-state index contributed by atoms with van der Waals surface area (Å²) in [5.74, 6) is -5.71. The first kappa shape index (κ1) is 83.0. The molecule has 0 saturated heterocycles. The molecule has 5 aliphatic rings. The van der Waals surface area contributed by atoms with Crippen molar-refractivity contribution in [3.8, 4) is 11.4 Å². The Bertz CT molecular complexity index is 3870. The van der Waals surface area contributed by atoms with Crippen LogP contribution >= 0.6 is 0 Å². The van der Waals surface area contributed by atoms with E-state index >= 15 is 4.39 Å². The van der Waals surface area contributed by atoms with Gasteiger partial charge in [-0.05, 0) is 86.1 Å². The van der Waals surface area contributed by atoms with Crippen LogP contribution in [0.5, 0.6) is 0 Å². The van der Waals surface area contributed by atoms with Gasteiger partial charge in [-0.15, -0.1) is 0 Å². The van der Waals surface area contributed by atoms with E-state index < -0.39 is 103 Å². The highest BCUT2D eigenvalue weighted by Gasteiger charge is 2.46. The number of ether oxygens (including phenoxy) is 11. The molecule has 3 atom stereocenters. The molecule has 0 unspecified atom stereocenters. The Morgan fingerprint density at radius 3 is 1.80 bits per heavy atom. The van der Waals surface area contributed by atoms with Crippen molar-refractivity contribution in [2.45, 2.75) is 96.1 Å². The van der Waals surface area contributed by atoms with Crippen LogP contribution in [0.25, 0.3) is 22.3 Å². The Morgan fingerprint density at radius 1 is 0.630 bits per heavy atom. The van der Waals surface area contributed by atoms with E-state index in [1.165, 1.54) is 27.7 Å². The number of fused-ring (bicyclic) bond motifs is 5. The van der Waals surface area contributed by atoms with Gasteiger partial charge in [-0.25, -0.2) is 14.2 Å². The van der Waals surface area contributed by atoms with Gasteiger partial charge in [0.2, 0.25) is 41.4 Å². The van der Waals surface area contributed by atoms with Gasteiger partial charge in [0.15, 0.2) is 5.60 Å². The third-order valence-electron chi connectivity index (χ3n) is 18.9. The maximum absolute atomic E-state index is 15.4. The average Bonchev–Trinajstić information content (AvgIpc) is 1.51. The lowest BCUT2D eigenvalue weighted by molar-refractivity contribution is -0.172. The predicted octanol–water partition coefficient (Wildman–Crippen LogP) is -0.206. The molecule has 2 aromatic carbocycles. The summed E-state index contributed by atoms with van der Waals surface area (Å²) >= 11 is 0. The number of cyclic esters (lactones) is 1. The highest BCUT2D eigenvalue weighted by atomic mass is 19.1. The highest BCUT2D eigenvalue weighted by molar-refractivity contribution is 6.13. The number of aryl methyl sites for hydroxylation is 1. The summed E-state index contributed by atoms with van der Waals surface area (Å²) < 4.78 is 77.0. The Kier molecular flexibility index (Phi) is 32.7. The zero-order valence-corrected chi connectivity index (χ0v) is 60.9. The van der Waals surface area contributed by atoms with E-state index in [4.69, 9.17) is 57.1 Å². The first-order valence-electron chi connectivity index (χ1n) is 36.4. The van der Waals surface area contributed by atoms with Gasteiger partial charge in [-0.1, -0.05) is 37.3 Å². The number of nitrogens with zero attached hydrogens (tertiary/aromatic N) is 3. The van der Waals surface area contributed by atoms with Crippen LogP contribution in [0.3, 0.4) is 0 Å². The minimum Gasteiger partial charge on any atom is -0.458 e. The molecule has 3 aliphatic heterocycles. The maximum Gasteiger partial charge on any atom is 0.343 e. The number of carbonyl (C=O) groups excluding carboxylic acids is 10. The molecule has 1 saturated carbocycles. The van der Waals surface area contributed by atoms with E-state index in [9.17, 15) is 57.8 Å². The minimum absolute atomic E-state index is 0.00558. The van der Waals surface area contributed by atoms with E-state index in [1.807, 2.05) is 0 Å². The molecule has 8 N–H and O–H groups in total. The van der Waals surface area contributed by atoms with E-state index in [0.29, 0.717) is 163 Å². The fraction of sp³-hybridized carbons (Fsp3) is 0.568. The minimum atomic E-state index is -2.06. The number of esters is 1. The molecule has 0 spiro atoms. The fourth-order valence-corrected chi connectivity index (χ4v) is 13.1.